The van der Waals surface area contributed by atoms with Crippen molar-refractivity contribution in [3.05, 3.63) is 33.7 Å². The van der Waals surface area contributed by atoms with Crippen molar-refractivity contribution in [2.45, 2.75) is 6.92 Å². The van der Waals surface area contributed by atoms with Gasteiger partial charge in [-0.15, -0.1) is 0 Å². The van der Waals surface area contributed by atoms with E-state index < -0.39 is 11.8 Å². The van der Waals surface area contributed by atoms with E-state index in [2.05, 4.69) is 20.9 Å². The average Bonchev–Trinajstić information content (AvgIpc) is 2.68. The van der Waals surface area contributed by atoms with E-state index in [0.29, 0.717) is 16.1 Å². The number of benzene rings is 1. The van der Waals surface area contributed by atoms with Gasteiger partial charge < -0.3 is 9.72 Å². The second kappa shape index (κ2) is 4.89. The minimum atomic E-state index is -0.675. The lowest BCUT2D eigenvalue weighted by Gasteiger charge is -1.99. The van der Waals surface area contributed by atoms with Crippen molar-refractivity contribution in [1.29, 1.82) is 0 Å². The average molecular weight is 314 g/mol. The molecule has 1 aromatic carbocycles. The lowest BCUT2D eigenvalue weighted by Crippen LogP contribution is -2.07. The van der Waals surface area contributed by atoms with Crippen molar-refractivity contribution in [1.82, 2.24) is 4.98 Å². The summed E-state index contributed by atoms with van der Waals surface area (Å²) in [7, 11) is 0. The van der Waals surface area contributed by atoms with Crippen LogP contribution < -0.4 is 0 Å². The number of H-pyrrole nitrogens is 1. The van der Waals surface area contributed by atoms with Gasteiger partial charge in [0.1, 0.15) is 11.5 Å². The van der Waals surface area contributed by atoms with E-state index in [9.17, 15) is 14.0 Å². The minimum absolute atomic E-state index is 0.0288. The van der Waals surface area contributed by atoms with Crippen molar-refractivity contribution in [2.75, 3.05) is 6.61 Å². The summed E-state index contributed by atoms with van der Waals surface area (Å²) in [5.74, 6) is -1.22. The van der Waals surface area contributed by atoms with Crippen molar-refractivity contribution >= 4 is 39.1 Å². The van der Waals surface area contributed by atoms with Gasteiger partial charge in [-0.05, 0) is 19.1 Å². The topological polar surface area (TPSA) is 59.2 Å². The molecule has 0 amide bonds. The smallest absolute Gasteiger partial charge is 0.355 e. The van der Waals surface area contributed by atoms with Crippen LogP contribution in [0.2, 0.25) is 0 Å². The number of hydrogen-bond acceptors (Lipinski definition) is 3. The summed E-state index contributed by atoms with van der Waals surface area (Å²) < 4.78 is 19.0. The summed E-state index contributed by atoms with van der Waals surface area (Å²) >= 11 is 3.14. The van der Waals surface area contributed by atoms with E-state index in [1.54, 1.807) is 13.0 Å². The van der Waals surface area contributed by atoms with E-state index in [1.807, 2.05) is 0 Å². The second-order valence-electron chi connectivity index (χ2n) is 3.56. The molecule has 0 unspecified atom stereocenters. The molecule has 1 aromatic heterocycles. The number of fused-ring (bicyclic) bond motifs is 1. The van der Waals surface area contributed by atoms with E-state index >= 15 is 0 Å². The number of ether oxygens (including phenoxy) is 1. The fourth-order valence-electron chi connectivity index (χ4n) is 1.73. The third-order valence-corrected chi connectivity index (χ3v) is 2.92. The summed E-state index contributed by atoms with van der Waals surface area (Å²) in [4.78, 5) is 25.3. The second-order valence-corrected chi connectivity index (χ2v) is 4.48. The number of rotatable bonds is 3. The summed E-state index contributed by atoms with van der Waals surface area (Å²) in [6.45, 7) is 1.83. The van der Waals surface area contributed by atoms with E-state index in [4.69, 9.17) is 4.74 Å². The molecule has 2 aromatic rings. The standard InChI is InChI=1S/C12H9BrFNO3/c1-2-18-12(17)11-8(5-16)7-3-6(13)4-9(14)10(7)15-11/h3-5,15H,2H2,1H3. The summed E-state index contributed by atoms with van der Waals surface area (Å²) in [6, 6.07) is 2.82. The molecule has 2 rings (SSSR count). The van der Waals surface area contributed by atoms with Gasteiger partial charge in [0, 0.05) is 9.86 Å². The van der Waals surface area contributed by atoms with Crippen molar-refractivity contribution < 1.29 is 18.7 Å². The predicted molar refractivity (Wildman–Crippen MR) is 67.3 cm³/mol. The van der Waals surface area contributed by atoms with Gasteiger partial charge in [-0.25, -0.2) is 9.18 Å². The Morgan fingerprint density at radius 2 is 2.28 bits per heavy atom. The van der Waals surface area contributed by atoms with Crippen molar-refractivity contribution in [3.63, 3.8) is 0 Å². The predicted octanol–water partition coefficient (Wildman–Crippen LogP) is 3.06. The van der Waals surface area contributed by atoms with Crippen LogP contribution in [0.3, 0.4) is 0 Å². The molecule has 0 aliphatic heterocycles. The summed E-state index contributed by atoms with van der Waals surface area (Å²) in [6.07, 6.45) is 0.511. The maximum absolute atomic E-state index is 13.7. The Balaban J connectivity index is 2.72. The highest BCUT2D eigenvalue weighted by atomic mass is 79.9. The Kier molecular flexibility index (Phi) is 3.47. The van der Waals surface area contributed by atoms with Crippen molar-refractivity contribution in [3.8, 4) is 0 Å². The normalized spacial score (nSPS) is 10.6. The van der Waals surface area contributed by atoms with E-state index in [-0.39, 0.29) is 23.4 Å². The first-order chi connectivity index (χ1) is 8.58. The largest absolute Gasteiger partial charge is 0.461 e. The first-order valence-corrected chi connectivity index (χ1v) is 6.00. The van der Waals surface area contributed by atoms with Crippen LogP contribution in [0, 0.1) is 5.82 Å². The minimum Gasteiger partial charge on any atom is -0.461 e. The van der Waals surface area contributed by atoms with Crippen LogP contribution in [0.1, 0.15) is 27.8 Å². The van der Waals surface area contributed by atoms with Gasteiger partial charge in [-0.1, -0.05) is 15.9 Å². The Morgan fingerprint density at radius 3 is 2.89 bits per heavy atom. The number of aromatic nitrogens is 1. The van der Waals surface area contributed by atoms with Gasteiger partial charge in [0.25, 0.3) is 0 Å². The van der Waals surface area contributed by atoms with Gasteiger partial charge in [0.15, 0.2) is 6.29 Å². The lowest BCUT2D eigenvalue weighted by atomic mass is 10.1. The molecule has 6 heteroatoms. The number of carbonyl (C=O) groups excluding carboxylic acids is 2. The highest BCUT2D eigenvalue weighted by molar-refractivity contribution is 9.10. The molecular formula is C12H9BrFNO3. The first kappa shape index (κ1) is 12.8. The van der Waals surface area contributed by atoms with E-state index in [0.717, 1.165) is 0 Å². The number of halogens is 2. The van der Waals surface area contributed by atoms with Crippen LogP contribution in [0.25, 0.3) is 10.9 Å². The van der Waals surface area contributed by atoms with E-state index in [1.165, 1.54) is 6.07 Å². The molecule has 0 atom stereocenters. The van der Waals surface area contributed by atoms with Crippen LogP contribution in [-0.2, 0) is 4.74 Å². The molecular weight excluding hydrogens is 305 g/mol. The molecule has 0 saturated carbocycles. The third kappa shape index (κ3) is 2.03. The highest BCUT2D eigenvalue weighted by Crippen LogP contribution is 2.27. The molecule has 0 fully saturated rings. The van der Waals surface area contributed by atoms with Crippen molar-refractivity contribution in [2.24, 2.45) is 0 Å². The summed E-state index contributed by atoms with van der Waals surface area (Å²) in [5.41, 5.74) is 0.186. The zero-order valence-corrected chi connectivity index (χ0v) is 11.0. The quantitative estimate of drug-likeness (QED) is 0.700. The molecule has 1 N–H and O–H groups in total. The molecule has 18 heavy (non-hydrogen) atoms. The van der Waals surface area contributed by atoms with Crippen LogP contribution in [-0.4, -0.2) is 23.8 Å². The molecule has 0 saturated heterocycles. The monoisotopic (exact) mass is 313 g/mol. The number of aromatic amines is 1. The van der Waals surface area contributed by atoms with Crippen LogP contribution >= 0.6 is 15.9 Å². The van der Waals surface area contributed by atoms with Gasteiger partial charge in [0.2, 0.25) is 0 Å². The highest BCUT2D eigenvalue weighted by Gasteiger charge is 2.20. The lowest BCUT2D eigenvalue weighted by molar-refractivity contribution is 0.0518. The van der Waals surface area contributed by atoms with Gasteiger partial charge in [-0.2, -0.15) is 0 Å². The molecule has 0 bridgehead atoms. The first-order valence-electron chi connectivity index (χ1n) is 5.21. The Hall–Kier alpha value is -1.69. The Bertz CT molecular complexity index is 636. The molecule has 0 aliphatic rings. The molecule has 94 valence electrons. The summed E-state index contributed by atoms with van der Waals surface area (Å²) in [5, 5.41) is 0.347. The zero-order chi connectivity index (χ0) is 13.3. The molecule has 0 aliphatic carbocycles. The van der Waals surface area contributed by atoms with Gasteiger partial charge in [-0.3, -0.25) is 4.79 Å². The number of nitrogens with one attached hydrogen (secondary N) is 1. The zero-order valence-electron chi connectivity index (χ0n) is 9.42. The van der Waals surface area contributed by atoms with Gasteiger partial charge in [0.05, 0.1) is 17.7 Å². The maximum Gasteiger partial charge on any atom is 0.355 e. The molecule has 0 radical (unpaired) electrons. The van der Waals surface area contributed by atoms with Crippen LogP contribution in [0.15, 0.2) is 16.6 Å². The number of esters is 1. The number of carbonyl (C=O) groups is 2. The van der Waals surface area contributed by atoms with Crippen LogP contribution in [0.5, 0.6) is 0 Å². The fourth-order valence-corrected chi connectivity index (χ4v) is 2.16. The number of aldehydes is 1. The SMILES string of the molecule is CCOC(=O)c1[nH]c2c(F)cc(Br)cc2c1C=O. The van der Waals surface area contributed by atoms with Gasteiger partial charge >= 0.3 is 5.97 Å². The number of hydrogen-bond donors (Lipinski definition) is 1. The Morgan fingerprint density at radius 1 is 1.56 bits per heavy atom. The fraction of sp³-hybridized carbons (Fsp3) is 0.167. The van der Waals surface area contributed by atoms with Crippen LogP contribution in [0.4, 0.5) is 4.39 Å². The molecule has 0 spiro atoms. The Labute approximate surface area is 110 Å². The third-order valence-electron chi connectivity index (χ3n) is 2.46. The molecule has 1 heterocycles. The molecule has 4 nitrogen and oxygen atoms in total. The maximum atomic E-state index is 13.7.